The van der Waals surface area contributed by atoms with Crippen molar-refractivity contribution in [2.75, 3.05) is 6.61 Å². The van der Waals surface area contributed by atoms with Crippen LogP contribution in [0, 0.1) is 0 Å². The number of fused-ring (bicyclic) bond motifs is 1. The van der Waals surface area contributed by atoms with Crippen LogP contribution in [0.5, 0.6) is 0 Å². The number of aromatic nitrogens is 3. The number of nitrogens with zero attached hydrogens (tertiary/aromatic N) is 4. The molecular weight excluding hydrogens is 528 g/mol. The molecule has 6 rings (SSSR count). The summed E-state index contributed by atoms with van der Waals surface area (Å²) in [6, 6.07) is 22.8. The third-order valence-corrected chi connectivity index (χ3v) is 8.30. The Balaban J connectivity index is 1.55. The van der Waals surface area contributed by atoms with Gasteiger partial charge in [0.05, 0.1) is 39.0 Å². The highest BCUT2D eigenvalue weighted by Crippen LogP contribution is 2.31. The zero-order valence-corrected chi connectivity index (χ0v) is 22.9. The third kappa shape index (κ3) is 4.60. The number of thiophene rings is 1. The van der Waals surface area contributed by atoms with Crippen LogP contribution >= 0.6 is 22.7 Å². The Morgan fingerprint density at radius 3 is 2.49 bits per heavy atom. The zero-order chi connectivity index (χ0) is 26.9. The second-order valence-corrected chi connectivity index (χ2v) is 10.9. The lowest BCUT2D eigenvalue weighted by atomic mass is 9.96. The molecule has 5 aromatic rings. The van der Waals surface area contributed by atoms with Crippen molar-refractivity contribution >= 4 is 34.7 Å². The molecule has 0 radical (unpaired) electrons. The van der Waals surface area contributed by atoms with Crippen LogP contribution in [0.2, 0.25) is 0 Å². The van der Waals surface area contributed by atoms with Gasteiger partial charge in [0.2, 0.25) is 0 Å². The molecule has 0 unspecified atom stereocenters. The normalized spacial score (nSPS) is 15.2. The Kier molecular flexibility index (Phi) is 6.68. The number of carbonyl (C=O) groups is 1. The molecule has 2 aromatic carbocycles. The standard InChI is InChI=1S/C30H24N4O3S2/c1-3-37-29(36)25-19(2)31-30-34(27(25)20-11-6-4-7-12-20)28(35)24(39-30)17-21-18-33(22-13-8-5-9-14-22)32-26(21)23-15-10-16-38-23/h4-18,27H,3H2,1-2H3/b24-17-/t27-/m1/s1. The van der Waals surface area contributed by atoms with Crippen molar-refractivity contribution in [3.8, 4) is 16.3 Å². The molecule has 0 spiro atoms. The number of benzene rings is 2. The van der Waals surface area contributed by atoms with Crippen LogP contribution in [0.15, 0.2) is 105 Å². The monoisotopic (exact) mass is 552 g/mol. The maximum Gasteiger partial charge on any atom is 0.338 e. The molecule has 4 heterocycles. The Labute approximate surface area is 232 Å². The van der Waals surface area contributed by atoms with Crippen LogP contribution in [-0.2, 0) is 9.53 Å². The van der Waals surface area contributed by atoms with E-state index in [0.29, 0.717) is 20.6 Å². The van der Waals surface area contributed by atoms with E-state index >= 15 is 0 Å². The summed E-state index contributed by atoms with van der Waals surface area (Å²) in [5, 5.41) is 6.87. The molecule has 9 heteroatoms. The Bertz CT molecular complexity index is 1870. The van der Waals surface area contributed by atoms with Gasteiger partial charge in [-0.1, -0.05) is 65.9 Å². The van der Waals surface area contributed by atoms with E-state index in [0.717, 1.165) is 27.4 Å². The fraction of sp³-hybridized carbons (Fsp3) is 0.133. The van der Waals surface area contributed by atoms with E-state index in [2.05, 4.69) is 4.99 Å². The number of ether oxygens (including phenoxy) is 1. The highest BCUT2D eigenvalue weighted by atomic mass is 32.1. The van der Waals surface area contributed by atoms with E-state index in [1.807, 2.05) is 95.1 Å². The first-order valence-corrected chi connectivity index (χ1v) is 14.2. The molecule has 0 aliphatic carbocycles. The SMILES string of the molecule is CCOC(=O)C1=C(C)N=c2s/c(=C\c3cn(-c4ccccc4)nc3-c3cccs3)c(=O)n2[C@@H]1c1ccccc1. The van der Waals surface area contributed by atoms with Gasteiger partial charge in [0.1, 0.15) is 5.69 Å². The van der Waals surface area contributed by atoms with Crippen molar-refractivity contribution in [1.82, 2.24) is 14.3 Å². The largest absolute Gasteiger partial charge is 0.463 e. The molecule has 1 aliphatic rings. The van der Waals surface area contributed by atoms with Crippen molar-refractivity contribution in [1.29, 1.82) is 0 Å². The Morgan fingerprint density at radius 1 is 1.05 bits per heavy atom. The molecule has 39 heavy (non-hydrogen) atoms. The zero-order valence-electron chi connectivity index (χ0n) is 21.3. The minimum absolute atomic E-state index is 0.216. The number of hydrogen-bond donors (Lipinski definition) is 0. The van der Waals surface area contributed by atoms with Crippen molar-refractivity contribution in [3.63, 3.8) is 0 Å². The summed E-state index contributed by atoms with van der Waals surface area (Å²) in [5.74, 6) is -0.467. The molecule has 0 bridgehead atoms. The fourth-order valence-corrected chi connectivity index (χ4v) is 6.46. The quantitative estimate of drug-likeness (QED) is 0.286. The van der Waals surface area contributed by atoms with Gasteiger partial charge in [0.15, 0.2) is 4.80 Å². The molecule has 1 aliphatic heterocycles. The number of esters is 1. The van der Waals surface area contributed by atoms with Crippen LogP contribution in [0.1, 0.15) is 31.0 Å². The molecule has 194 valence electrons. The molecule has 7 nitrogen and oxygen atoms in total. The molecule has 3 aromatic heterocycles. The van der Waals surface area contributed by atoms with Gasteiger partial charge in [-0.15, -0.1) is 11.3 Å². The molecule has 0 saturated carbocycles. The molecular formula is C30H24N4O3S2. The minimum atomic E-state index is -0.632. The van der Waals surface area contributed by atoms with E-state index in [-0.39, 0.29) is 12.2 Å². The van der Waals surface area contributed by atoms with Gasteiger partial charge < -0.3 is 4.74 Å². The third-order valence-electron chi connectivity index (χ3n) is 6.44. The predicted octanol–water partition coefficient (Wildman–Crippen LogP) is 4.71. The van der Waals surface area contributed by atoms with E-state index in [1.54, 1.807) is 29.8 Å². The highest BCUT2D eigenvalue weighted by molar-refractivity contribution is 7.13. The van der Waals surface area contributed by atoms with Gasteiger partial charge in [0, 0.05) is 11.8 Å². The summed E-state index contributed by atoms with van der Waals surface area (Å²) in [7, 11) is 0. The second kappa shape index (κ2) is 10.4. The first kappa shape index (κ1) is 25.0. The maximum atomic E-state index is 14.0. The van der Waals surface area contributed by atoms with Crippen LogP contribution in [0.25, 0.3) is 22.3 Å². The molecule has 0 amide bonds. The lowest BCUT2D eigenvalue weighted by Crippen LogP contribution is -2.39. The highest BCUT2D eigenvalue weighted by Gasteiger charge is 2.33. The van der Waals surface area contributed by atoms with Gasteiger partial charge in [-0.05, 0) is 49.1 Å². The van der Waals surface area contributed by atoms with Gasteiger partial charge in [-0.2, -0.15) is 5.10 Å². The van der Waals surface area contributed by atoms with Crippen LogP contribution < -0.4 is 14.9 Å². The van der Waals surface area contributed by atoms with E-state index in [9.17, 15) is 9.59 Å². The van der Waals surface area contributed by atoms with Crippen molar-refractivity contribution < 1.29 is 9.53 Å². The lowest BCUT2D eigenvalue weighted by molar-refractivity contribution is -0.139. The summed E-state index contributed by atoms with van der Waals surface area (Å²) in [6.45, 7) is 3.79. The summed E-state index contributed by atoms with van der Waals surface area (Å²) in [4.78, 5) is 33.3. The topological polar surface area (TPSA) is 78.5 Å². The van der Waals surface area contributed by atoms with Gasteiger partial charge in [-0.3, -0.25) is 9.36 Å². The first-order chi connectivity index (χ1) is 19.0. The van der Waals surface area contributed by atoms with E-state index in [4.69, 9.17) is 9.84 Å². The first-order valence-electron chi connectivity index (χ1n) is 12.5. The average molecular weight is 553 g/mol. The predicted molar refractivity (Wildman–Crippen MR) is 154 cm³/mol. The van der Waals surface area contributed by atoms with Gasteiger partial charge >= 0.3 is 5.97 Å². The number of hydrogen-bond acceptors (Lipinski definition) is 7. The summed E-state index contributed by atoms with van der Waals surface area (Å²) < 4.78 is 9.32. The van der Waals surface area contributed by atoms with Crippen molar-refractivity contribution in [2.24, 2.45) is 4.99 Å². The number of allylic oxidation sites excluding steroid dienone is 1. The van der Waals surface area contributed by atoms with E-state index in [1.165, 1.54) is 11.3 Å². The molecule has 0 saturated heterocycles. The Hall–Kier alpha value is -4.34. The van der Waals surface area contributed by atoms with Crippen LogP contribution in [0.3, 0.4) is 0 Å². The van der Waals surface area contributed by atoms with Gasteiger partial charge in [0.25, 0.3) is 5.56 Å². The number of carbonyl (C=O) groups excluding carboxylic acids is 1. The molecule has 0 fully saturated rings. The van der Waals surface area contributed by atoms with Crippen LogP contribution in [0.4, 0.5) is 0 Å². The molecule has 1 atom stereocenters. The minimum Gasteiger partial charge on any atom is -0.463 e. The summed E-state index contributed by atoms with van der Waals surface area (Å²) in [6.07, 6.45) is 3.81. The second-order valence-electron chi connectivity index (χ2n) is 8.90. The number of thiazole rings is 1. The van der Waals surface area contributed by atoms with Gasteiger partial charge in [-0.25, -0.2) is 14.5 Å². The number of para-hydroxylation sites is 1. The molecule has 0 N–H and O–H groups in total. The number of rotatable bonds is 6. The average Bonchev–Trinajstić information content (AvgIpc) is 3.69. The maximum absolute atomic E-state index is 14.0. The Morgan fingerprint density at radius 2 is 1.79 bits per heavy atom. The van der Waals surface area contributed by atoms with Crippen molar-refractivity contribution in [2.45, 2.75) is 19.9 Å². The lowest BCUT2D eigenvalue weighted by Gasteiger charge is -2.24. The van der Waals surface area contributed by atoms with Crippen molar-refractivity contribution in [3.05, 3.63) is 126 Å². The fourth-order valence-electron chi connectivity index (χ4n) is 4.69. The summed E-state index contributed by atoms with van der Waals surface area (Å²) >= 11 is 2.90. The smallest absolute Gasteiger partial charge is 0.338 e. The van der Waals surface area contributed by atoms with Crippen LogP contribution in [-0.4, -0.2) is 26.9 Å². The summed E-state index contributed by atoms with van der Waals surface area (Å²) in [5.41, 5.74) is 4.07. The van der Waals surface area contributed by atoms with E-state index < -0.39 is 12.0 Å².